The molecule has 1 aromatic rings. The van der Waals surface area contributed by atoms with Gasteiger partial charge in [0.25, 0.3) is 0 Å². The first-order valence-electron chi connectivity index (χ1n) is 6.91. The summed E-state index contributed by atoms with van der Waals surface area (Å²) in [5.74, 6) is -0.501. The molecule has 0 amide bonds. The number of benzene rings is 1. The van der Waals surface area contributed by atoms with Crippen LogP contribution < -0.4 is 10.2 Å². The number of hydrogen-bond donors (Lipinski definition) is 1. The summed E-state index contributed by atoms with van der Waals surface area (Å²) in [5, 5.41) is 3.27. The number of esters is 1. The van der Waals surface area contributed by atoms with Crippen LogP contribution in [0.3, 0.4) is 0 Å². The molecular formula is C15H21FN2O2. The van der Waals surface area contributed by atoms with Crippen LogP contribution in [-0.2, 0) is 9.53 Å². The molecule has 1 aliphatic carbocycles. The monoisotopic (exact) mass is 280 g/mol. The van der Waals surface area contributed by atoms with Crippen LogP contribution in [0.5, 0.6) is 0 Å². The minimum atomic E-state index is -0.318. The fourth-order valence-corrected chi connectivity index (χ4v) is 2.15. The summed E-state index contributed by atoms with van der Waals surface area (Å²) in [7, 11) is 3.22. The van der Waals surface area contributed by atoms with Crippen molar-refractivity contribution in [1.29, 1.82) is 0 Å². The van der Waals surface area contributed by atoms with Gasteiger partial charge in [0.15, 0.2) is 0 Å². The number of rotatable bonds is 7. The molecule has 1 atom stereocenters. The standard InChI is InChI=1S/C15H21FN2O2/c1-18(14-6-4-3-5-12(14)16)10-9-13(15(19)20-2)17-11-7-8-11/h3-6,11,13,17H,7-10H2,1-2H3. The maximum absolute atomic E-state index is 13.7. The van der Waals surface area contributed by atoms with Crippen LogP contribution in [0.15, 0.2) is 24.3 Å². The fourth-order valence-electron chi connectivity index (χ4n) is 2.15. The first-order valence-corrected chi connectivity index (χ1v) is 6.91. The van der Waals surface area contributed by atoms with E-state index in [2.05, 4.69) is 5.32 Å². The predicted octanol–water partition coefficient (Wildman–Crippen LogP) is 1.95. The highest BCUT2D eigenvalue weighted by Gasteiger charge is 2.29. The minimum absolute atomic E-state index is 0.250. The average Bonchev–Trinajstić information content (AvgIpc) is 3.26. The number of carbonyl (C=O) groups is 1. The van der Waals surface area contributed by atoms with Gasteiger partial charge in [-0.05, 0) is 31.4 Å². The van der Waals surface area contributed by atoms with Crippen LogP contribution in [0.4, 0.5) is 10.1 Å². The van der Waals surface area contributed by atoms with Gasteiger partial charge in [-0.1, -0.05) is 12.1 Å². The molecule has 1 aromatic carbocycles. The number of nitrogens with one attached hydrogen (secondary N) is 1. The van der Waals surface area contributed by atoms with Gasteiger partial charge in [0.2, 0.25) is 0 Å². The van der Waals surface area contributed by atoms with E-state index in [-0.39, 0.29) is 17.8 Å². The molecular weight excluding hydrogens is 259 g/mol. The Kier molecular flexibility index (Phi) is 4.95. The molecule has 0 bridgehead atoms. The van der Waals surface area contributed by atoms with Gasteiger partial charge >= 0.3 is 5.97 Å². The number of nitrogens with zero attached hydrogens (tertiary/aromatic N) is 1. The van der Waals surface area contributed by atoms with Crippen molar-refractivity contribution < 1.29 is 13.9 Å². The third-order valence-corrected chi connectivity index (χ3v) is 3.52. The Morgan fingerprint density at radius 2 is 2.20 bits per heavy atom. The van der Waals surface area contributed by atoms with E-state index in [0.29, 0.717) is 24.7 Å². The third kappa shape index (κ3) is 3.93. The Morgan fingerprint density at radius 1 is 1.50 bits per heavy atom. The Hall–Kier alpha value is -1.62. The lowest BCUT2D eigenvalue weighted by Gasteiger charge is -2.23. The van der Waals surface area contributed by atoms with E-state index in [0.717, 1.165) is 12.8 Å². The molecule has 4 nitrogen and oxygen atoms in total. The van der Waals surface area contributed by atoms with Crippen molar-refractivity contribution in [1.82, 2.24) is 5.32 Å². The van der Waals surface area contributed by atoms with Gasteiger partial charge in [0.05, 0.1) is 12.8 Å². The quantitative estimate of drug-likeness (QED) is 0.775. The lowest BCUT2D eigenvalue weighted by molar-refractivity contribution is -0.143. The van der Waals surface area contributed by atoms with E-state index < -0.39 is 0 Å². The highest BCUT2D eigenvalue weighted by atomic mass is 19.1. The Balaban J connectivity index is 1.91. The Labute approximate surface area is 118 Å². The molecule has 1 aliphatic rings. The molecule has 110 valence electrons. The topological polar surface area (TPSA) is 41.6 Å². The third-order valence-electron chi connectivity index (χ3n) is 3.52. The first-order chi connectivity index (χ1) is 9.61. The average molecular weight is 280 g/mol. The zero-order chi connectivity index (χ0) is 14.5. The van der Waals surface area contributed by atoms with Gasteiger partial charge in [0.1, 0.15) is 11.9 Å². The number of ether oxygens (including phenoxy) is 1. The number of anilines is 1. The smallest absolute Gasteiger partial charge is 0.322 e. The largest absolute Gasteiger partial charge is 0.468 e. The SMILES string of the molecule is COC(=O)C(CCN(C)c1ccccc1F)NC1CC1. The molecule has 20 heavy (non-hydrogen) atoms. The summed E-state index contributed by atoms with van der Waals surface area (Å²) in [6, 6.07) is 6.75. The highest BCUT2D eigenvalue weighted by Crippen LogP contribution is 2.21. The van der Waals surface area contributed by atoms with Crippen LogP contribution in [-0.4, -0.2) is 38.8 Å². The molecule has 1 saturated carbocycles. The molecule has 5 heteroatoms. The molecule has 1 fully saturated rings. The van der Waals surface area contributed by atoms with Crippen molar-refractivity contribution in [3.05, 3.63) is 30.1 Å². The fraction of sp³-hybridized carbons (Fsp3) is 0.533. The van der Waals surface area contributed by atoms with E-state index in [1.165, 1.54) is 13.2 Å². The number of hydrogen-bond acceptors (Lipinski definition) is 4. The maximum atomic E-state index is 13.7. The molecule has 0 radical (unpaired) electrons. The van der Waals surface area contributed by atoms with Crippen molar-refractivity contribution in [3.8, 4) is 0 Å². The summed E-state index contributed by atoms with van der Waals surface area (Å²) < 4.78 is 18.5. The first kappa shape index (κ1) is 14.8. The molecule has 0 aromatic heterocycles. The Bertz CT molecular complexity index is 463. The molecule has 0 aliphatic heterocycles. The van der Waals surface area contributed by atoms with Crippen LogP contribution in [0.25, 0.3) is 0 Å². The van der Waals surface area contributed by atoms with E-state index in [1.807, 2.05) is 11.9 Å². The van der Waals surface area contributed by atoms with Crippen molar-refractivity contribution in [2.75, 3.05) is 25.6 Å². The van der Waals surface area contributed by atoms with Crippen LogP contribution in [0, 0.1) is 5.82 Å². The summed E-state index contributed by atoms with van der Waals surface area (Å²) in [5.41, 5.74) is 0.544. The van der Waals surface area contributed by atoms with Crippen molar-refractivity contribution in [2.24, 2.45) is 0 Å². The molecule has 0 heterocycles. The number of methoxy groups -OCH3 is 1. The van der Waals surface area contributed by atoms with Crippen molar-refractivity contribution in [3.63, 3.8) is 0 Å². The Morgan fingerprint density at radius 3 is 2.80 bits per heavy atom. The zero-order valence-corrected chi connectivity index (χ0v) is 11.9. The van der Waals surface area contributed by atoms with Gasteiger partial charge < -0.3 is 15.0 Å². The van der Waals surface area contributed by atoms with Crippen LogP contribution in [0.2, 0.25) is 0 Å². The van der Waals surface area contributed by atoms with Crippen molar-refractivity contribution in [2.45, 2.75) is 31.3 Å². The normalized spacial score (nSPS) is 15.8. The molecule has 2 rings (SSSR count). The van der Waals surface area contributed by atoms with Gasteiger partial charge in [-0.3, -0.25) is 4.79 Å². The van der Waals surface area contributed by atoms with Gasteiger partial charge in [-0.25, -0.2) is 4.39 Å². The lowest BCUT2D eigenvalue weighted by atomic mass is 10.2. The molecule has 0 saturated heterocycles. The summed E-state index contributed by atoms with van der Waals surface area (Å²) in [4.78, 5) is 13.5. The van der Waals surface area contributed by atoms with E-state index >= 15 is 0 Å². The number of carbonyl (C=O) groups excluding carboxylic acids is 1. The van der Waals surface area contributed by atoms with E-state index in [1.54, 1.807) is 18.2 Å². The van der Waals surface area contributed by atoms with Gasteiger partial charge in [0, 0.05) is 19.6 Å². The summed E-state index contributed by atoms with van der Waals surface area (Å²) in [6.45, 7) is 0.584. The van der Waals surface area contributed by atoms with Gasteiger partial charge in [-0.2, -0.15) is 0 Å². The van der Waals surface area contributed by atoms with Gasteiger partial charge in [-0.15, -0.1) is 0 Å². The van der Waals surface area contributed by atoms with E-state index in [4.69, 9.17) is 4.74 Å². The van der Waals surface area contributed by atoms with Crippen LogP contribution in [0.1, 0.15) is 19.3 Å². The maximum Gasteiger partial charge on any atom is 0.322 e. The number of para-hydroxylation sites is 1. The summed E-state index contributed by atoms with van der Waals surface area (Å²) in [6.07, 6.45) is 2.81. The predicted molar refractivity (Wildman–Crippen MR) is 76.2 cm³/mol. The second-order valence-corrected chi connectivity index (χ2v) is 5.18. The minimum Gasteiger partial charge on any atom is -0.468 e. The summed E-state index contributed by atoms with van der Waals surface area (Å²) >= 11 is 0. The molecule has 0 spiro atoms. The van der Waals surface area contributed by atoms with E-state index in [9.17, 15) is 9.18 Å². The van der Waals surface area contributed by atoms with Crippen molar-refractivity contribution >= 4 is 11.7 Å². The van der Waals surface area contributed by atoms with Crippen LogP contribution >= 0.6 is 0 Å². The zero-order valence-electron chi connectivity index (χ0n) is 11.9. The second-order valence-electron chi connectivity index (χ2n) is 5.18. The number of halogens is 1. The highest BCUT2D eigenvalue weighted by molar-refractivity contribution is 5.75. The molecule has 1 unspecified atom stereocenters. The molecule has 1 N–H and O–H groups in total. The lowest BCUT2D eigenvalue weighted by Crippen LogP contribution is -2.41. The second kappa shape index (κ2) is 6.70.